The van der Waals surface area contributed by atoms with Gasteiger partial charge >= 0.3 is 0 Å². The number of para-hydroxylation sites is 1. The zero-order valence-electron chi connectivity index (χ0n) is 16.2. The highest BCUT2D eigenvalue weighted by molar-refractivity contribution is 5.97. The molecule has 1 aliphatic carbocycles. The number of aliphatic imine (C=N–C) groups is 1. The molecule has 1 aliphatic rings. The third-order valence-corrected chi connectivity index (χ3v) is 5.12. The smallest absolute Gasteiger partial charge is 0.251 e. The van der Waals surface area contributed by atoms with E-state index in [1.54, 1.807) is 20.2 Å². The molecule has 0 spiro atoms. The molecule has 8 heteroatoms. The Morgan fingerprint density at radius 1 is 1.24 bits per heavy atom. The first-order chi connectivity index (χ1) is 14.0. The lowest BCUT2D eigenvalue weighted by Gasteiger charge is -2.08. The normalized spacial score (nSPS) is 18.5. The fraction of sp³-hybridized carbons (Fsp3) is 0.238. The maximum atomic E-state index is 11.9. The van der Waals surface area contributed by atoms with Gasteiger partial charge in [0, 0.05) is 23.9 Å². The summed E-state index contributed by atoms with van der Waals surface area (Å²) in [5, 5.41) is 3.36. The highest BCUT2D eigenvalue weighted by atomic mass is 16.5. The minimum absolute atomic E-state index is 0.0896. The number of hydrogen-bond acceptors (Lipinski definition) is 6. The van der Waals surface area contributed by atoms with Crippen LogP contribution >= 0.6 is 0 Å². The van der Waals surface area contributed by atoms with Gasteiger partial charge in [-0.05, 0) is 42.2 Å². The number of aromatic nitrogens is 2. The van der Waals surface area contributed by atoms with Gasteiger partial charge in [0.2, 0.25) is 5.95 Å². The molecule has 148 valence electrons. The molecular weight excluding hydrogens is 368 g/mol. The number of rotatable bonds is 5. The van der Waals surface area contributed by atoms with Gasteiger partial charge < -0.3 is 21.5 Å². The number of carbonyl (C=O) groups is 1. The van der Waals surface area contributed by atoms with Crippen LogP contribution in [0, 0.1) is 5.92 Å². The average molecular weight is 390 g/mol. The topological polar surface area (TPSA) is 129 Å². The Morgan fingerprint density at radius 3 is 2.79 bits per heavy atom. The summed E-state index contributed by atoms with van der Waals surface area (Å²) in [5.41, 5.74) is 14.5. The zero-order chi connectivity index (χ0) is 20.5. The summed E-state index contributed by atoms with van der Waals surface area (Å²) in [5.74, 6) is 1.83. The van der Waals surface area contributed by atoms with Gasteiger partial charge in [-0.1, -0.05) is 18.2 Å². The van der Waals surface area contributed by atoms with Crippen LogP contribution < -0.4 is 21.5 Å². The van der Waals surface area contributed by atoms with Crippen LogP contribution in [-0.2, 0) is 0 Å². The zero-order valence-corrected chi connectivity index (χ0v) is 16.2. The Kier molecular flexibility index (Phi) is 4.75. The van der Waals surface area contributed by atoms with E-state index >= 15 is 0 Å². The van der Waals surface area contributed by atoms with Crippen molar-refractivity contribution in [2.45, 2.75) is 12.3 Å². The summed E-state index contributed by atoms with van der Waals surface area (Å²) >= 11 is 0. The first kappa shape index (κ1) is 18.7. The summed E-state index contributed by atoms with van der Waals surface area (Å²) in [4.78, 5) is 25.0. The molecule has 1 fully saturated rings. The molecule has 1 amide bonds. The van der Waals surface area contributed by atoms with Crippen LogP contribution in [0.1, 0.15) is 28.3 Å². The molecule has 1 aromatic heterocycles. The highest BCUT2D eigenvalue weighted by Gasteiger charge is 2.41. The molecule has 2 atom stereocenters. The number of ether oxygens (including phenoxy) is 1. The van der Waals surface area contributed by atoms with E-state index in [0.717, 1.165) is 17.4 Å². The molecule has 4 rings (SSSR count). The Balaban J connectivity index is 1.64. The van der Waals surface area contributed by atoms with Crippen molar-refractivity contribution >= 4 is 34.4 Å². The number of hydrogen-bond donors (Lipinski definition) is 3. The minimum Gasteiger partial charge on any atom is -0.494 e. The van der Waals surface area contributed by atoms with Gasteiger partial charge in [-0.25, -0.2) is 9.98 Å². The number of anilines is 1. The number of amidine groups is 1. The van der Waals surface area contributed by atoms with Crippen molar-refractivity contribution in [1.29, 1.82) is 0 Å². The van der Waals surface area contributed by atoms with Crippen molar-refractivity contribution in [3.05, 3.63) is 53.6 Å². The number of benzene rings is 2. The van der Waals surface area contributed by atoms with E-state index in [1.807, 2.05) is 36.4 Å². The number of nitrogen functional groups attached to an aromatic ring is 1. The minimum atomic E-state index is -0.109. The second kappa shape index (κ2) is 7.38. The van der Waals surface area contributed by atoms with Gasteiger partial charge in [0.25, 0.3) is 5.91 Å². The number of nitrogens with one attached hydrogen (secondary N) is 1. The summed E-state index contributed by atoms with van der Waals surface area (Å²) in [7, 11) is 3.19. The van der Waals surface area contributed by atoms with Crippen molar-refractivity contribution < 1.29 is 9.53 Å². The van der Waals surface area contributed by atoms with E-state index in [2.05, 4.69) is 20.3 Å². The molecule has 1 saturated carbocycles. The molecule has 0 aliphatic heterocycles. The molecule has 0 bridgehead atoms. The van der Waals surface area contributed by atoms with Crippen LogP contribution in [-0.4, -0.2) is 35.9 Å². The predicted molar refractivity (Wildman–Crippen MR) is 112 cm³/mol. The maximum absolute atomic E-state index is 11.9. The number of nitrogens with two attached hydrogens (primary N) is 2. The number of nitrogens with zero attached hydrogens (tertiary/aromatic N) is 3. The Bertz CT molecular complexity index is 1130. The molecule has 0 radical (unpaired) electrons. The van der Waals surface area contributed by atoms with Gasteiger partial charge in [0.1, 0.15) is 17.1 Å². The Hall–Kier alpha value is -3.68. The SMILES string of the molecule is CNC(=O)c1cccc(C2CC2C(N)=Nc2nc(N)nc3c(OC)cccc23)c1. The molecule has 3 aromatic rings. The van der Waals surface area contributed by atoms with Gasteiger partial charge in [-0.2, -0.15) is 4.98 Å². The number of methoxy groups -OCH3 is 1. The van der Waals surface area contributed by atoms with Crippen LogP contribution in [0.2, 0.25) is 0 Å². The standard InChI is InChI=1S/C21H22N6O2/c1-24-20(28)12-6-3-5-11(9-12)14-10-15(14)18(22)26-19-13-7-4-8-16(29-2)17(13)25-21(23)27-19/h3-9,14-15H,10H2,1-2H3,(H,24,28)(H4,22,23,25,26,27). The van der Waals surface area contributed by atoms with Crippen molar-refractivity contribution in [2.24, 2.45) is 16.6 Å². The van der Waals surface area contributed by atoms with Gasteiger partial charge in [0.15, 0.2) is 5.82 Å². The lowest BCUT2D eigenvalue weighted by atomic mass is 10.0. The highest BCUT2D eigenvalue weighted by Crippen LogP contribution is 2.48. The fourth-order valence-corrected chi connectivity index (χ4v) is 3.53. The molecule has 29 heavy (non-hydrogen) atoms. The van der Waals surface area contributed by atoms with Gasteiger partial charge in [0.05, 0.1) is 7.11 Å². The van der Waals surface area contributed by atoms with Crippen LogP contribution in [0.15, 0.2) is 47.5 Å². The van der Waals surface area contributed by atoms with Crippen LogP contribution in [0.4, 0.5) is 11.8 Å². The van der Waals surface area contributed by atoms with Crippen LogP contribution in [0.25, 0.3) is 10.9 Å². The largest absolute Gasteiger partial charge is 0.494 e. The summed E-state index contributed by atoms with van der Waals surface area (Å²) in [6, 6.07) is 13.1. The first-order valence-corrected chi connectivity index (χ1v) is 9.28. The molecule has 8 nitrogen and oxygen atoms in total. The molecule has 2 aromatic carbocycles. The first-order valence-electron chi connectivity index (χ1n) is 9.28. The van der Waals surface area contributed by atoms with Crippen molar-refractivity contribution in [3.8, 4) is 5.75 Å². The van der Waals surface area contributed by atoms with Crippen molar-refractivity contribution in [2.75, 3.05) is 19.9 Å². The van der Waals surface area contributed by atoms with Crippen LogP contribution in [0.3, 0.4) is 0 Å². The van der Waals surface area contributed by atoms with E-state index in [-0.39, 0.29) is 23.7 Å². The predicted octanol–water partition coefficient (Wildman–Crippen LogP) is 2.37. The average Bonchev–Trinajstić information content (AvgIpc) is 3.54. The third kappa shape index (κ3) is 3.56. The molecule has 5 N–H and O–H groups in total. The van der Waals surface area contributed by atoms with E-state index in [1.165, 1.54) is 0 Å². The monoisotopic (exact) mass is 390 g/mol. The van der Waals surface area contributed by atoms with Crippen LogP contribution in [0.5, 0.6) is 5.75 Å². The molecule has 0 saturated heterocycles. The fourth-order valence-electron chi connectivity index (χ4n) is 3.53. The Morgan fingerprint density at radius 2 is 2.03 bits per heavy atom. The second-order valence-electron chi connectivity index (χ2n) is 6.95. The number of amides is 1. The van der Waals surface area contributed by atoms with Crippen molar-refractivity contribution in [1.82, 2.24) is 15.3 Å². The third-order valence-electron chi connectivity index (χ3n) is 5.12. The second-order valence-corrected chi connectivity index (χ2v) is 6.95. The van der Waals surface area contributed by atoms with Gasteiger partial charge in [-0.3, -0.25) is 4.79 Å². The Labute approximate surface area is 168 Å². The number of fused-ring (bicyclic) bond motifs is 1. The van der Waals surface area contributed by atoms with E-state index in [0.29, 0.717) is 28.5 Å². The molecule has 1 heterocycles. The summed E-state index contributed by atoms with van der Waals surface area (Å²) in [6.07, 6.45) is 0.869. The summed E-state index contributed by atoms with van der Waals surface area (Å²) < 4.78 is 5.36. The quantitative estimate of drug-likeness (QED) is 0.453. The van der Waals surface area contributed by atoms with Gasteiger partial charge in [-0.15, -0.1) is 0 Å². The summed E-state index contributed by atoms with van der Waals surface area (Å²) in [6.45, 7) is 0. The maximum Gasteiger partial charge on any atom is 0.251 e. The number of carbonyl (C=O) groups excluding carboxylic acids is 1. The van der Waals surface area contributed by atoms with E-state index < -0.39 is 0 Å². The van der Waals surface area contributed by atoms with E-state index in [4.69, 9.17) is 16.2 Å². The van der Waals surface area contributed by atoms with Crippen molar-refractivity contribution in [3.63, 3.8) is 0 Å². The lowest BCUT2D eigenvalue weighted by Crippen LogP contribution is -2.18. The lowest BCUT2D eigenvalue weighted by molar-refractivity contribution is 0.0963. The van der Waals surface area contributed by atoms with E-state index in [9.17, 15) is 4.79 Å². The molecule has 2 unspecified atom stereocenters. The molecular formula is C21H22N6O2.